The van der Waals surface area contributed by atoms with Gasteiger partial charge in [0.15, 0.2) is 6.61 Å². The molecule has 5 nitrogen and oxygen atoms in total. The lowest BCUT2D eigenvalue weighted by Crippen LogP contribution is -2.49. The lowest BCUT2D eigenvalue weighted by atomic mass is 10.2. The fraction of sp³-hybridized carbons (Fsp3) is 0.350. The molecule has 132 valence electrons. The zero-order valence-corrected chi connectivity index (χ0v) is 14.6. The molecular weight excluding hydrogens is 316 g/mol. The number of benzene rings is 2. The molecule has 1 fully saturated rings. The van der Waals surface area contributed by atoms with Crippen molar-refractivity contribution in [1.29, 1.82) is 0 Å². The van der Waals surface area contributed by atoms with Crippen molar-refractivity contribution in [3.05, 3.63) is 54.6 Å². The first kappa shape index (κ1) is 17.3. The summed E-state index contributed by atoms with van der Waals surface area (Å²) in [5, 5.41) is 3.31. The maximum atomic E-state index is 12.3. The number of para-hydroxylation sites is 1. The molecule has 5 heteroatoms. The smallest absolute Gasteiger partial charge is 0.260 e. The minimum absolute atomic E-state index is 0.00603. The average Bonchev–Trinajstić information content (AvgIpc) is 2.61. The molecule has 0 radical (unpaired) electrons. The Labute approximate surface area is 148 Å². The summed E-state index contributed by atoms with van der Waals surface area (Å²) in [6.45, 7) is 5.24. The second-order valence-corrected chi connectivity index (χ2v) is 6.36. The highest BCUT2D eigenvalue weighted by Gasteiger charge is 2.25. The summed E-state index contributed by atoms with van der Waals surface area (Å²) in [5.41, 5.74) is 2.00. The van der Waals surface area contributed by atoms with E-state index in [4.69, 9.17) is 9.47 Å². The van der Waals surface area contributed by atoms with Gasteiger partial charge >= 0.3 is 0 Å². The van der Waals surface area contributed by atoms with Gasteiger partial charge in [0.25, 0.3) is 5.91 Å². The molecular formula is C20H24N2O3. The van der Waals surface area contributed by atoms with Gasteiger partial charge < -0.3 is 19.7 Å². The van der Waals surface area contributed by atoms with Crippen LogP contribution in [0, 0.1) is 0 Å². The van der Waals surface area contributed by atoms with E-state index < -0.39 is 0 Å². The van der Waals surface area contributed by atoms with Crippen LogP contribution >= 0.6 is 0 Å². The van der Waals surface area contributed by atoms with Gasteiger partial charge in [0, 0.05) is 24.5 Å². The molecule has 2 aromatic rings. The number of hydrogen-bond donors (Lipinski definition) is 1. The highest BCUT2D eigenvalue weighted by atomic mass is 16.5. The first-order valence-electron chi connectivity index (χ1n) is 8.58. The quantitative estimate of drug-likeness (QED) is 0.906. The Kier molecular flexibility index (Phi) is 5.56. The average molecular weight is 340 g/mol. The minimum Gasteiger partial charge on any atom is -0.484 e. The summed E-state index contributed by atoms with van der Waals surface area (Å²) in [5.74, 6) is 0.676. The van der Waals surface area contributed by atoms with Crippen LogP contribution in [0.4, 0.5) is 11.4 Å². The number of nitrogens with one attached hydrogen (secondary N) is 1. The van der Waals surface area contributed by atoms with Gasteiger partial charge in [-0.3, -0.25) is 4.79 Å². The van der Waals surface area contributed by atoms with E-state index in [9.17, 15) is 4.79 Å². The fourth-order valence-corrected chi connectivity index (χ4v) is 2.94. The van der Waals surface area contributed by atoms with E-state index in [0.717, 1.165) is 11.4 Å². The third-order valence-corrected chi connectivity index (χ3v) is 4.05. The molecule has 1 aliphatic rings. The molecule has 1 saturated heterocycles. The van der Waals surface area contributed by atoms with Crippen LogP contribution in [0.5, 0.6) is 5.75 Å². The Bertz CT molecular complexity index is 678. The normalized spacial score (nSPS) is 20.2. The molecule has 0 saturated carbocycles. The largest absolute Gasteiger partial charge is 0.484 e. The second-order valence-electron chi connectivity index (χ2n) is 6.36. The highest BCUT2D eigenvalue weighted by molar-refractivity contribution is 5.78. The lowest BCUT2D eigenvalue weighted by molar-refractivity contribution is -0.145. The molecule has 0 unspecified atom stereocenters. The standard InChI is InChI=1S/C20H24N2O3/c1-15-12-22(13-16(2)25-15)20(23)14-24-19-10-8-18(9-11-19)21-17-6-4-3-5-7-17/h3-11,15-16,21H,12-14H2,1-2H3/t15-,16-/m0/s1. The van der Waals surface area contributed by atoms with Crippen LogP contribution in [-0.4, -0.2) is 42.7 Å². The summed E-state index contributed by atoms with van der Waals surface area (Å²) in [7, 11) is 0. The van der Waals surface area contributed by atoms with Gasteiger partial charge in [0.05, 0.1) is 12.2 Å². The highest BCUT2D eigenvalue weighted by Crippen LogP contribution is 2.20. The zero-order chi connectivity index (χ0) is 17.6. The van der Waals surface area contributed by atoms with Crippen molar-refractivity contribution < 1.29 is 14.3 Å². The Morgan fingerprint density at radius 3 is 2.28 bits per heavy atom. The van der Waals surface area contributed by atoms with E-state index in [1.165, 1.54) is 0 Å². The maximum absolute atomic E-state index is 12.3. The van der Waals surface area contributed by atoms with Crippen LogP contribution in [0.15, 0.2) is 54.6 Å². The predicted molar refractivity (Wildman–Crippen MR) is 98.3 cm³/mol. The Hall–Kier alpha value is -2.53. The maximum Gasteiger partial charge on any atom is 0.260 e. The van der Waals surface area contributed by atoms with E-state index in [1.54, 1.807) is 0 Å². The first-order valence-corrected chi connectivity index (χ1v) is 8.58. The second kappa shape index (κ2) is 8.03. The van der Waals surface area contributed by atoms with E-state index in [0.29, 0.717) is 18.8 Å². The molecule has 3 rings (SSSR count). The van der Waals surface area contributed by atoms with Crippen LogP contribution < -0.4 is 10.1 Å². The van der Waals surface area contributed by atoms with E-state index >= 15 is 0 Å². The van der Waals surface area contributed by atoms with Crippen LogP contribution in [0.3, 0.4) is 0 Å². The number of carbonyl (C=O) groups is 1. The molecule has 0 bridgehead atoms. The molecule has 1 aliphatic heterocycles. The number of morpholine rings is 1. The van der Waals surface area contributed by atoms with Crippen molar-refractivity contribution in [3.8, 4) is 5.75 Å². The first-order chi connectivity index (χ1) is 12.1. The van der Waals surface area contributed by atoms with E-state index in [1.807, 2.05) is 73.3 Å². The summed E-state index contributed by atoms with van der Waals surface area (Å²) >= 11 is 0. The summed E-state index contributed by atoms with van der Waals surface area (Å²) in [6.07, 6.45) is 0.132. The fourth-order valence-electron chi connectivity index (χ4n) is 2.94. The topological polar surface area (TPSA) is 50.8 Å². The van der Waals surface area contributed by atoms with Crippen molar-refractivity contribution >= 4 is 17.3 Å². The number of carbonyl (C=O) groups excluding carboxylic acids is 1. The van der Waals surface area contributed by atoms with Crippen LogP contribution in [0.25, 0.3) is 0 Å². The van der Waals surface area contributed by atoms with Gasteiger partial charge in [0.2, 0.25) is 0 Å². The van der Waals surface area contributed by atoms with Gasteiger partial charge in [-0.25, -0.2) is 0 Å². The van der Waals surface area contributed by atoms with Crippen molar-refractivity contribution in [2.45, 2.75) is 26.1 Å². The van der Waals surface area contributed by atoms with E-state index in [-0.39, 0.29) is 24.7 Å². The Balaban J connectivity index is 1.51. The number of amides is 1. The SMILES string of the molecule is C[C@H]1CN(C(=O)COc2ccc(Nc3ccccc3)cc2)C[C@H](C)O1. The lowest BCUT2D eigenvalue weighted by Gasteiger charge is -2.35. The minimum atomic E-state index is -0.00603. The van der Waals surface area contributed by atoms with Gasteiger partial charge in [-0.1, -0.05) is 18.2 Å². The Morgan fingerprint density at radius 1 is 1.04 bits per heavy atom. The van der Waals surface area contributed by atoms with Crippen molar-refractivity contribution in [3.63, 3.8) is 0 Å². The van der Waals surface area contributed by atoms with Gasteiger partial charge in [-0.05, 0) is 50.2 Å². The number of rotatable bonds is 5. The molecule has 0 aromatic heterocycles. The third-order valence-electron chi connectivity index (χ3n) is 4.05. The van der Waals surface area contributed by atoms with Crippen LogP contribution in [-0.2, 0) is 9.53 Å². The molecule has 0 spiro atoms. The molecule has 25 heavy (non-hydrogen) atoms. The number of ether oxygens (including phenoxy) is 2. The van der Waals surface area contributed by atoms with Crippen LogP contribution in [0.2, 0.25) is 0 Å². The van der Waals surface area contributed by atoms with Crippen molar-refractivity contribution in [2.75, 3.05) is 25.0 Å². The van der Waals surface area contributed by atoms with Crippen molar-refractivity contribution in [1.82, 2.24) is 4.90 Å². The van der Waals surface area contributed by atoms with Gasteiger partial charge in [-0.2, -0.15) is 0 Å². The predicted octanol–water partition coefficient (Wildman–Crippen LogP) is 3.44. The number of anilines is 2. The van der Waals surface area contributed by atoms with Crippen molar-refractivity contribution in [2.24, 2.45) is 0 Å². The molecule has 2 atom stereocenters. The van der Waals surface area contributed by atoms with Gasteiger partial charge in [0.1, 0.15) is 5.75 Å². The Morgan fingerprint density at radius 2 is 1.64 bits per heavy atom. The number of hydrogen-bond acceptors (Lipinski definition) is 4. The van der Waals surface area contributed by atoms with Crippen LogP contribution in [0.1, 0.15) is 13.8 Å². The zero-order valence-electron chi connectivity index (χ0n) is 14.6. The summed E-state index contributed by atoms with van der Waals surface area (Å²) in [4.78, 5) is 14.1. The molecule has 1 N–H and O–H groups in total. The van der Waals surface area contributed by atoms with Gasteiger partial charge in [-0.15, -0.1) is 0 Å². The summed E-state index contributed by atoms with van der Waals surface area (Å²) in [6, 6.07) is 17.6. The number of nitrogens with zero attached hydrogens (tertiary/aromatic N) is 1. The molecule has 1 heterocycles. The molecule has 1 amide bonds. The molecule has 2 aromatic carbocycles. The molecule has 0 aliphatic carbocycles. The monoisotopic (exact) mass is 340 g/mol. The van der Waals surface area contributed by atoms with E-state index in [2.05, 4.69) is 5.32 Å². The summed E-state index contributed by atoms with van der Waals surface area (Å²) < 4.78 is 11.3. The third kappa shape index (κ3) is 4.97.